The van der Waals surface area contributed by atoms with Gasteiger partial charge in [0.05, 0.1) is 12.5 Å². The first kappa shape index (κ1) is 40.8. The third-order valence-corrected chi connectivity index (χ3v) is 8.45. The van der Waals surface area contributed by atoms with Gasteiger partial charge in [-0.2, -0.15) is 0 Å². The Morgan fingerprint density at radius 2 is 1.58 bits per heavy atom. The molecule has 3 N–H and O–H groups in total. The zero-order valence-corrected chi connectivity index (χ0v) is 28.4. The summed E-state index contributed by atoms with van der Waals surface area (Å²) < 4.78 is 5.71. The predicted octanol–water partition coefficient (Wildman–Crippen LogP) is 5.65. The zero-order valence-electron chi connectivity index (χ0n) is 27.6. The summed E-state index contributed by atoms with van der Waals surface area (Å²) in [4.78, 5) is 61.6. The van der Waals surface area contributed by atoms with Gasteiger partial charge in [0.25, 0.3) is 0 Å². The third-order valence-electron chi connectivity index (χ3n) is 7.49. The number of aldehydes is 1. The van der Waals surface area contributed by atoms with E-state index >= 15 is 0 Å². The minimum absolute atomic E-state index is 0.133. The number of rotatable bonds is 26. The van der Waals surface area contributed by atoms with E-state index in [-0.39, 0.29) is 24.0 Å². The van der Waals surface area contributed by atoms with Gasteiger partial charge < -0.3 is 25.5 Å². The largest absolute Gasteiger partial charge is 0.458 e. The molecule has 0 aliphatic rings. The lowest BCUT2D eigenvalue weighted by Crippen LogP contribution is -2.49. The maximum Gasteiger partial charge on any atom is 0.306 e. The van der Waals surface area contributed by atoms with Crippen molar-refractivity contribution in [3.63, 3.8) is 0 Å². The molecule has 0 heterocycles. The number of hydrogen-bond acceptors (Lipinski definition) is 8. The normalized spacial score (nSPS) is 14.8. The van der Waals surface area contributed by atoms with Gasteiger partial charge in [0.2, 0.25) is 11.8 Å². The quantitative estimate of drug-likeness (QED) is 0.0487. The highest BCUT2D eigenvalue weighted by atomic mass is 32.2. The van der Waals surface area contributed by atoms with Crippen molar-refractivity contribution in [1.82, 2.24) is 16.0 Å². The molecule has 0 spiro atoms. The monoisotopic (exact) mass is 625 g/mol. The fraction of sp³-hybridized carbons (Fsp3) is 0.788. The topological polar surface area (TPSA) is 131 Å². The average molecular weight is 626 g/mol. The first-order chi connectivity index (χ1) is 20.6. The van der Waals surface area contributed by atoms with Crippen LogP contribution in [0.2, 0.25) is 0 Å². The summed E-state index contributed by atoms with van der Waals surface area (Å²) in [7, 11) is 1.88. The van der Waals surface area contributed by atoms with Gasteiger partial charge in [-0.3, -0.25) is 19.2 Å². The molecule has 248 valence electrons. The summed E-state index contributed by atoms with van der Waals surface area (Å²) in [6.07, 6.45) is 13.8. The molecule has 0 aromatic rings. The van der Waals surface area contributed by atoms with E-state index in [4.69, 9.17) is 4.74 Å². The second-order valence-electron chi connectivity index (χ2n) is 11.3. The molecule has 0 radical (unpaired) electrons. The molecule has 0 aromatic carbocycles. The lowest BCUT2D eigenvalue weighted by molar-refractivity contribution is -0.148. The Balaban J connectivity index is 5.22. The van der Waals surface area contributed by atoms with E-state index in [1.165, 1.54) is 31.0 Å². The molecule has 0 saturated heterocycles. The maximum atomic E-state index is 13.0. The predicted molar refractivity (Wildman–Crippen MR) is 176 cm³/mol. The highest BCUT2D eigenvalue weighted by molar-refractivity contribution is 8.13. The van der Waals surface area contributed by atoms with Crippen LogP contribution in [0, 0.1) is 5.92 Å². The van der Waals surface area contributed by atoms with Gasteiger partial charge in [0, 0.05) is 24.6 Å². The van der Waals surface area contributed by atoms with Crippen molar-refractivity contribution in [3.05, 3.63) is 12.2 Å². The molecular formula is C33H59N3O6S. The van der Waals surface area contributed by atoms with Crippen LogP contribution in [-0.4, -0.2) is 66.2 Å². The van der Waals surface area contributed by atoms with Gasteiger partial charge in [-0.15, -0.1) is 0 Å². The average Bonchev–Trinajstić information content (AvgIpc) is 2.98. The number of carbonyl (C=O) groups is 5. The summed E-state index contributed by atoms with van der Waals surface area (Å²) in [6, 6.07) is -1.26. The maximum absolute atomic E-state index is 13.0. The van der Waals surface area contributed by atoms with E-state index in [1.54, 1.807) is 13.0 Å². The first-order valence-electron chi connectivity index (χ1n) is 16.4. The molecule has 0 rings (SSSR count). The van der Waals surface area contributed by atoms with Gasteiger partial charge in [-0.1, -0.05) is 90.5 Å². The summed E-state index contributed by atoms with van der Waals surface area (Å²) in [5, 5.41) is 8.81. The Morgan fingerprint density at radius 1 is 0.884 bits per heavy atom. The number of ether oxygens (including phenoxy) is 1. The smallest absolute Gasteiger partial charge is 0.306 e. The van der Waals surface area contributed by atoms with Gasteiger partial charge in [-0.05, 0) is 51.6 Å². The Hall–Kier alpha value is -2.20. The van der Waals surface area contributed by atoms with E-state index in [9.17, 15) is 24.0 Å². The molecule has 10 heteroatoms. The Labute approximate surface area is 264 Å². The highest BCUT2D eigenvalue weighted by Crippen LogP contribution is 2.16. The second kappa shape index (κ2) is 26.2. The zero-order chi connectivity index (χ0) is 32.5. The first-order valence-corrected chi connectivity index (χ1v) is 17.3. The SMILES string of the molecule is CCCCCCCC(=O)SCC/C=C/C(CC(=O)NC(CCCC)C(=O)NC(C)C=O)OC(=O)CCC(NC)C(C)CC. The second-order valence-corrected chi connectivity index (χ2v) is 12.5. The summed E-state index contributed by atoms with van der Waals surface area (Å²) in [6.45, 7) is 9.98. The van der Waals surface area contributed by atoms with Crippen LogP contribution in [-0.2, 0) is 28.7 Å². The van der Waals surface area contributed by atoms with Crippen LogP contribution >= 0.6 is 11.8 Å². The van der Waals surface area contributed by atoms with E-state index < -0.39 is 36.0 Å². The van der Waals surface area contributed by atoms with Gasteiger partial charge in [0.15, 0.2) is 5.12 Å². The van der Waals surface area contributed by atoms with Gasteiger partial charge in [-0.25, -0.2) is 0 Å². The van der Waals surface area contributed by atoms with Crippen molar-refractivity contribution in [3.8, 4) is 0 Å². The highest BCUT2D eigenvalue weighted by Gasteiger charge is 2.24. The summed E-state index contributed by atoms with van der Waals surface area (Å²) >= 11 is 1.31. The molecule has 0 aliphatic heterocycles. The standard InChI is InChI=1S/C33H59N3O6S/c1-7-10-12-13-14-19-32(40)43-22-16-15-17-27(42-31(39)21-20-28(34-6)25(4)9-3)23-30(38)36-29(18-11-8-2)33(41)35-26(5)24-37/h15,17,24-29,34H,7-14,16,18-23H2,1-6H3,(H,35,41)(H,36,38)/b17-15+. The van der Waals surface area contributed by atoms with Crippen LogP contribution in [0.15, 0.2) is 12.2 Å². The molecule has 5 unspecified atom stereocenters. The molecule has 0 saturated carbocycles. The van der Waals surface area contributed by atoms with Crippen LogP contribution in [0.4, 0.5) is 0 Å². The molecule has 0 aromatic heterocycles. The molecule has 43 heavy (non-hydrogen) atoms. The van der Waals surface area contributed by atoms with Gasteiger partial charge >= 0.3 is 5.97 Å². The molecular weight excluding hydrogens is 566 g/mol. The van der Waals surface area contributed by atoms with Gasteiger partial charge in [0.1, 0.15) is 18.4 Å². The molecule has 9 nitrogen and oxygen atoms in total. The Morgan fingerprint density at radius 3 is 2.21 bits per heavy atom. The Bertz CT molecular complexity index is 837. The van der Waals surface area contributed by atoms with E-state index in [0.29, 0.717) is 43.6 Å². The minimum Gasteiger partial charge on any atom is -0.458 e. The van der Waals surface area contributed by atoms with Crippen LogP contribution in [0.3, 0.4) is 0 Å². The van der Waals surface area contributed by atoms with Crippen LogP contribution in [0.1, 0.15) is 125 Å². The van der Waals surface area contributed by atoms with Crippen LogP contribution in [0.5, 0.6) is 0 Å². The number of nitrogens with one attached hydrogen (secondary N) is 3. The molecule has 0 fully saturated rings. The van der Waals surface area contributed by atoms with Crippen molar-refractivity contribution in [2.24, 2.45) is 5.92 Å². The minimum atomic E-state index is -0.799. The van der Waals surface area contributed by atoms with E-state index in [1.807, 2.05) is 20.0 Å². The summed E-state index contributed by atoms with van der Waals surface area (Å²) in [5.41, 5.74) is 0. The van der Waals surface area contributed by atoms with E-state index in [0.717, 1.165) is 32.1 Å². The van der Waals surface area contributed by atoms with Crippen molar-refractivity contribution >= 4 is 40.9 Å². The number of allylic oxidation sites excluding steroid dienone is 1. The van der Waals surface area contributed by atoms with Crippen LogP contribution < -0.4 is 16.0 Å². The number of hydrogen-bond donors (Lipinski definition) is 3. The fourth-order valence-electron chi connectivity index (χ4n) is 4.55. The van der Waals surface area contributed by atoms with Crippen molar-refractivity contribution in [2.45, 2.75) is 149 Å². The van der Waals surface area contributed by atoms with Crippen molar-refractivity contribution in [1.29, 1.82) is 0 Å². The van der Waals surface area contributed by atoms with Crippen LogP contribution in [0.25, 0.3) is 0 Å². The number of unbranched alkanes of at least 4 members (excludes halogenated alkanes) is 5. The third kappa shape index (κ3) is 21.2. The summed E-state index contributed by atoms with van der Waals surface area (Å²) in [5.74, 6) is -0.203. The molecule has 0 bridgehead atoms. The van der Waals surface area contributed by atoms with Crippen molar-refractivity contribution in [2.75, 3.05) is 12.8 Å². The number of esters is 1. The lowest BCUT2D eigenvalue weighted by Gasteiger charge is -2.23. The van der Waals surface area contributed by atoms with E-state index in [2.05, 4.69) is 36.7 Å². The Kier molecular flexibility index (Phi) is 24.9. The molecule has 2 amide bonds. The fourth-order valence-corrected chi connectivity index (χ4v) is 5.32. The molecule has 0 aliphatic carbocycles. The number of thioether (sulfide) groups is 1. The molecule has 5 atom stereocenters. The van der Waals surface area contributed by atoms with Crippen molar-refractivity contribution < 1.29 is 28.7 Å². The lowest BCUT2D eigenvalue weighted by atomic mass is 9.95. The number of carbonyl (C=O) groups excluding carboxylic acids is 5. The number of amides is 2.